The van der Waals surface area contributed by atoms with Crippen molar-refractivity contribution in [2.45, 2.75) is 13.0 Å². The van der Waals surface area contributed by atoms with Crippen molar-refractivity contribution in [3.63, 3.8) is 0 Å². The first kappa shape index (κ1) is 23.6. The molecule has 1 fully saturated rings. The third-order valence-corrected chi connectivity index (χ3v) is 5.72. The van der Waals surface area contributed by atoms with Crippen molar-refractivity contribution in [2.75, 3.05) is 34.0 Å². The van der Waals surface area contributed by atoms with E-state index in [-0.39, 0.29) is 36.0 Å². The number of methoxy groups -OCH3 is 2. The van der Waals surface area contributed by atoms with Crippen molar-refractivity contribution in [2.24, 2.45) is 0 Å². The smallest absolute Gasteiger partial charge is 0.295 e. The number of aliphatic hydroxyl groups excluding tert-OH is 1. The number of rotatable bonds is 8. The van der Waals surface area contributed by atoms with Gasteiger partial charge < -0.3 is 29.3 Å². The number of ketones is 1. The highest BCUT2D eigenvalue weighted by Gasteiger charge is 2.46. The van der Waals surface area contributed by atoms with E-state index in [0.717, 1.165) is 0 Å². The lowest BCUT2D eigenvalue weighted by atomic mass is 9.95. The Morgan fingerprint density at radius 1 is 1.12 bits per heavy atom. The van der Waals surface area contributed by atoms with Crippen molar-refractivity contribution in [3.8, 4) is 17.2 Å². The van der Waals surface area contributed by atoms with Gasteiger partial charge in [-0.05, 0) is 58.7 Å². The topological polar surface area (TPSA) is 106 Å². The number of carbonyl (C=O) groups excluding carboxylic acids is 2. The number of amides is 1. The Kier molecular flexibility index (Phi) is 7.42. The van der Waals surface area contributed by atoms with Gasteiger partial charge in [-0.2, -0.15) is 0 Å². The van der Waals surface area contributed by atoms with E-state index in [1.807, 2.05) is 0 Å². The number of aliphatic hydroxyl groups is 1. The van der Waals surface area contributed by atoms with E-state index in [2.05, 4.69) is 15.9 Å². The second-order valence-electron chi connectivity index (χ2n) is 6.99. The summed E-state index contributed by atoms with van der Waals surface area (Å²) in [6, 6.07) is 8.55. The van der Waals surface area contributed by atoms with Crippen molar-refractivity contribution < 1.29 is 34.0 Å². The fraction of sp³-hybridized carbons (Fsp3) is 0.304. The molecule has 1 saturated heterocycles. The number of hydrogen-bond donors (Lipinski definition) is 2. The fourth-order valence-corrected chi connectivity index (χ4v) is 4.13. The van der Waals surface area contributed by atoms with Crippen LogP contribution in [0.5, 0.6) is 17.2 Å². The minimum Gasteiger partial charge on any atom is -0.507 e. The number of benzene rings is 2. The summed E-state index contributed by atoms with van der Waals surface area (Å²) in [4.78, 5) is 27.2. The van der Waals surface area contributed by atoms with E-state index in [1.165, 1.54) is 25.2 Å². The predicted molar refractivity (Wildman–Crippen MR) is 121 cm³/mol. The third-order valence-electron chi connectivity index (χ3n) is 5.10. The average molecular weight is 506 g/mol. The molecule has 1 aliphatic heterocycles. The van der Waals surface area contributed by atoms with Gasteiger partial charge in [-0.25, -0.2) is 0 Å². The molecule has 8 nitrogen and oxygen atoms in total. The first-order valence-electron chi connectivity index (χ1n) is 9.91. The molecule has 2 aromatic rings. The van der Waals surface area contributed by atoms with Gasteiger partial charge in [0.1, 0.15) is 11.5 Å². The van der Waals surface area contributed by atoms with Gasteiger partial charge in [0, 0.05) is 19.2 Å². The molecule has 1 amide bonds. The molecule has 2 N–H and O–H groups in total. The first-order chi connectivity index (χ1) is 15.3. The van der Waals surface area contributed by atoms with Crippen LogP contribution in [0, 0.1) is 0 Å². The highest BCUT2D eigenvalue weighted by Crippen LogP contribution is 2.42. The molecule has 0 saturated carbocycles. The molecule has 1 atom stereocenters. The van der Waals surface area contributed by atoms with Gasteiger partial charge in [0.2, 0.25) is 0 Å². The number of phenolic OH excluding ortho intramolecular Hbond substituents is 1. The summed E-state index contributed by atoms with van der Waals surface area (Å²) in [5, 5.41) is 21.2. The van der Waals surface area contributed by atoms with E-state index in [1.54, 1.807) is 37.3 Å². The number of halogens is 1. The van der Waals surface area contributed by atoms with Crippen molar-refractivity contribution in [3.05, 3.63) is 57.6 Å². The molecule has 1 aliphatic rings. The van der Waals surface area contributed by atoms with Crippen LogP contribution in [0.4, 0.5) is 0 Å². The van der Waals surface area contributed by atoms with Crippen LogP contribution in [0.3, 0.4) is 0 Å². The maximum absolute atomic E-state index is 13.0. The van der Waals surface area contributed by atoms with Crippen LogP contribution in [0.2, 0.25) is 0 Å². The van der Waals surface area contributed by atoms with E-state index in [4.69, 9.17) is 14.2 Å². The van der Waals surface area contributed by atoms with Crippen molar-refractivity contribution in [1.82, 2.24) is 4.90 Å². The van der Waals surface area contributed by atoms with Crippen LogP contribution < -0.4 is 9.47 Å². The fourth-order valence-electron chi connectivity index (χ4n) is 3.59. The number of hydrogen-bond acceptors (Lipinski definition) is 7. The number of ether oxygens (including phenoxy) is 3. The van der Waals surface area contributed by atoms with Crippen LogP contribution in [-0.2, 0) is 14.3 Å². The quantitative estimate of drug-likeness (QED) is 0.320. The molecule has 1 unspecified atom stereocenters. The van der Waals surface area contributed by atoms with Crippen molar-refractivity contribution in [1.29, 1.82) is 0 Å². The van der Waals surface area contributed by atoms with Gasteiger partial charge in [0.15, 0.2) is 11.5 Å². The SMILES string of the molecule is CCOc1cc(C2/C(=C(/O)c3ccc(OC)c(Br)c3)C(=O)C(=O)N2CCOC)ccc1O. The zero-order valence-corrected chi connectivity index (χ0v) is 19.5. The van der Waals surface area contributed by atoms with Crippen LogP contribution in [0.25, 0.3) is 5.76 Å². The van der Waals surface area contributed by atoms with E-state index < -0.39 is 17.7 Å². The molecule has 0 spiro atoms. The molecule has 3 rings (SSSR count). The summed E-state index contributed by atoms with van der Waals surface area (Å²) in [6.07, 6.45) is 0. The monoisotopic (exact) mass is 505 g/mol. The molecule has 1 heterocycles. The number of carbonyl (C=O) groups is 2. The average Bonchev–Trinajstić information content (AvgIpc) is 3.03. The Labute approximate surface area is 194 Å². The normalized spacial score (nSPS) is 17.6. The Morgan fingerprint density at radius 3 is 2.50 bits per heavy atom. The van der Waals surface area contributed by atoms with Gasteiger partial charge >= 0.3 is 0 Å². The number of phenols is 1. The summed E-state index contributed by atoms with van der Waals surface area (Å²) in [7, 11) is 3.01. The summed E-state index contributed by atoms with van der Waals surface area (Å²) in [6.45, 7) is 2.44. The van der Waals surface area contributed by atoms with Crippen LogP contribution in [0.15, 0.2) is 46.4 Å². The minimum absolute atomic E-state index is 0.0590. The maximum atomic E-state index is 13.0. The predicted octanol–water partition coefficient (Wildman–Crippen LogP) is 3.63. The van der Waals surface area contributed by atoms with Gasteiger partial charge in [-0.15, -0.1) is 0 Å². The highest BCUT2D eigenvalue weighted by atomic mass is 79.9. The highest BCUT2D eigenvalue weighted by molar-refractivity contribution is 9.10. The van der Waals surface area contributed by atoms with Crippen LogP contribution in [-0.4, -0.2) is 60.8 Å². The lowest BCUT2D eigenvalue weighted by molar-refractivity contribution is -0.140. The molecular weight excluding hydrogens is 482 g/mol. The van der Waals surface area contributed by atoms with E-state index in [9.17, 15) is 19.8 Å². The molecule has 0 aromatic heterocycles. The second kappa shape index (κ2) is 10.1. The summed E-state index contributed by atoms with van der Waals surface area (Å²) < 4.78 is 16.4. The maximum Gasteiger partial charge on any atom is 0.295 e. The van der Waals surface area contributed by atoms with E-state index in [0.29, 0.717) is 28.0 Å². The summed E-state index contributed by atoms with van der Waals surface area (Å²) in [5.74, 6) is -1.16. The zero-order chi connectivity index (χ0) is 23.4. The molecule has 2 aromatic carbocycles. The lowest BCUT2D eigenvalue weighted by Crippen LogP contribution is -2.32. The summed E-state index contributed by atoms with van der Waals surface area (Å²) in [5.41, 5.74) is 0.795. The van der Waals surface area contributed by atoms with Gasteiger partial charge in [0.05, 0.1) is 36.4 Å². The van der Waals surface area contributed by atoms with Gasteiger partial charge in [-0.3, -0.25) is 9.59 Å². The molecule has 0 bridgehead atoms. The number of nitrogens with zero attached hydrogens (tertiary/aromatic N) is 1. The second-order valence-corrected chi connectivity index (χ2v) is 7.85. The first-order valence-corrected chi connectivity index (χ1v) is 10.7. The molecule has 0 radical (unpaired) electrons. The van der Waals surface area contributed by atoms with E-state index >= 15 is 0 Å². The van der Waals surface area contributed by atoms with Gasteiger partial charge in [-0.1, -0.05) is 6.07 Å². The summed E-state index contributed by atoms with van der Waals surface area (Å²) >= 11 is 3.37. The number of aromatic hydroxyl groups is 1. The Balaban J connectivity index is 2.19. The zero-order valence-electron chi connectivity index (χ0n) is 17.9. The Morgan fingerprint density at radius 2 is 1.88 bits per heavy atom. The molecule has 170 valence electrons. The molecular formula is C23H24BrNO7. The van der Waals surface area contributed by atoms with Gasteiger partial charge in [0.25, 0.3) is 11.7 Å². The minimum atomic E-state index is -0.883. The molecule has 32 heavy (non-hydrogen) atoms. The van der Waals surface area contributed by atoms with Crippen LogP contribution >= 0.6 is 15.9 Å². The molecule has 9 heteroatoms. The Bertz CT molecular complexity index is 1070. The van der Waals surface area contributed by atoms with Crippen molar-refractivity contribution >= 4 is 33.4 Å². The Hall–Kier alpha value is -3.04. The largest absolute Gasteiger partial charge is 0.507 e. The third kappa shape index (κ3) is 4.44. The number of likely N-dealkylation sites (tertiary alicyclic amines) is 1. The molecule has 0 aliphatic carbocycles. The van der Waals surface area contributed by atoms with Crippen LogP contribution in [0.1, 0.15) is 24.1 Å². The number of Topliss-reactive ketones (excluding diaryl/α,β-unsaturated/α-hetero) is 1. The standard InChI is InChI=1S/C23H24BrNO7/c1-4-32-18-12-13(5-7-16(18)26)20-19(22(28)23(29)25(20)9-10-30-2)21(27)14-6-8-17(31-3)15(24)11-14/h5-8,11-12,20,26-27H,4,9-10H2,1-3H3/b21-19-. The lowest BCUT2D eigenvalue weighted by Gasteiger charge is -2.25.